The Hall–Kier alpha value is -2.22. The van der Waals surface area contributed by atoms with E-state index in [0.717, 1.165) is 38.2 Å². The Balaban J connectivity index is 0.000000638. The van der Waals surface area contributed by atoms with E-state index >= 15 is 0 Å². The third kappa shape index (κ3) is 10.5. The number of carboxylic acids is 1. The Bertz CT molecular complexity index is 991. The van der Waals surface area contributed by atoms with E-state index in [1.807, 2.05) is 17.0 Å². The second-order valence-electron chi connectivity index (χ2n) is 9.88. The van der Waals surface area contributed by atoms with E-state index in [0.29, 0.717) is 37.0 Å². The number of benzene rings is 1. The molecule has 0 radical (unpaired) electrons. The van der Waals surface area contributed by atoms with Crippen molar-refractivity contribution in [3.8, 4) is 0 Å². The van der Waals surface area contributed by atoms with Gasteiger partial charge in [0.1, 0.15) is 0 Å². The number of sulfonamides is 1. The van der Waals surface area contributed by atoms with E-state index in [1.54, 1.807) is 12.1 Å². The third-order valence-corrected chi connectivity index (χ3v) is 8.27. The number of rotatable bonds is 10. The summed E-state index contributed by atoms with van der Waals surface area (Å²) in [5.41, 5.74) is 1.14. The molecule has 2 fully saturated rings. The smallest absolute Gasteiger partial charge is 0.475 e. The molecule has 13 heteroatoms. The third-order valence-electron chi connectivity index (χ3n) is 6.36. The molecule has 38 heavy (non-hydrogen) atoms. The standard InChI is InChI=1S/C23H38N4O3S.C2HF3O2/c1-20(2)19-21-5-7-22(8-6-21)31(29,30)27(18-17-25-12-3-4-13-25)14-9-23(28)26-15-10-24-11-16-26;3-2(4,5)1(6)7/h5-8,20,24H,3-4,9-19H2,1-2H3;(H,6,7). The quantitative estimate of drug-likeness (QED) is 0.449. The molecule has 0 unspecified atom stereocenters. The summed E-state index contributed by atoms with van der Waals surface area (Å²) < 4.78 is 60.1. The molecule has 3 rings (SSSR count). The number of likely N-dealkylation sites (tertiary alicyclic amines) is 1. The highest BCUT2D eigenvalue weighted by Gasteiger charge is 2.38. The number of carbonyl (C=O) groups is 2. The Morgan fingerprint density at radius 1 is 1.03 bits per heavy atom. The van der Waals surface area contributed by atoms with Crippen molar-refractivity contribution in [1.82, 2.24) is 19.4 Å². The van der Waals surface area contributed by atoms with E-state index < -0.39 is 22.2 Å². The molecule has 1 amide bonds. The summed E-state index contributed by atoms with van der Waals surface area (Å²) in [6.07, 6.45) is -1.58. The van der Waals surface area contributed by atoms with Gasteiger partial charge < -0.3 is 20.2 Å². The first-order valence-electron chi connectivity index (χ1n) is 12.9. The normalized spacial score (nSPS) is 17.0. The van der Waals surface area contributed by atoms with E-state index in [1.165, 1.54) is 17.1 Å². The fraction of sp³-hybridized carbons (Fsp3) is 0.680. The number of halogens is 3. The van der Waals surface area contributed by atoms with Crippen LogP contribution in [0.4, 0.5) is 13.2 Å². The Kier molecular flexibility index (Phi) is 12.5. The summed E-state index contributed by atoms with van der Waals surface area (Å²) in [7, 11) is -3.64. The number of aliphatic carboxylic acids is 1. The molecule has 9 nitrogen and oxygen atoms in total. The van der Waals surface area contributed by atoms with Gasteiger partial charge in [0.2, 0.25) is 15.9 Å². The van der Waals surface area contributed by atoms with Crippen LogP contribution in [0.2, 0.25) is 0 Å². The van der Waals surface area contributed by atoms with Crippen LogP contribution in [0, 0.1) is 5.92 Å². The summed E-state index contributed by atoms with van der Waals surface area (Å²) in [5, 5.41) is 10.4. The van der Waals surface area contributed by atoms with Crippen molar-refractivity contribution in [2.24, 2.45) is 5.92 Å². The zero-order chi connectivity index (χ0) is 28.3. The summed E-state index contributed by atoms with van der Waals surface area (Å²) in [6, 6.07) is 7.26. The van der Waals surface area contributed by atoms with Crippen LogP contribution in [0.15, 0.2) is 29.2 Å². The topological polar surface area (TPSA) is 110 Å². The lowest BCUT2D eigenvalue weighted by molar-refractivity contribution is -0.192. The zero-order valence-electron chi connectivity index (χ0n) is 22.0. The average molecular weight is 565 g/mol. The minimum Gasteiger partial charge on any atom is -0.475 e. The van der Waals surface area contributed by atoms with Gasteiger partial charge in [-0.1, -0.05) is 26.0 Å². The maximum Gasteiger partial charge on any atom is 0.490 e. The summed E-state index contributed by atoms with van der Waals surface area (Å²) in [5.74, 6) is -2.20. The molecule has 216 valence electrons. The van der Waals surface area contributed by atoms with Crippen LogP contribution in [0.3, 0.4) is 0 Å². The predicted molar refractivity (Wildman–Crippen MR) is 137 cm³/mol. The fourth-order valence-corrected chi connectivity index (χ4v) is 5.75. The van der Waals surface area contributed by atoms with Crippen molar-refractivity contribution in [2.45, 2.75) is 50.6 Å². The van der Waals surface area contributed by atoms with Crippen LogP contribution in [0.25, 0.3) is 0 Å². The first kappa shape index (κ1) is 32.0. The number of amides is 1. The predicted octanol–water partition coefficient (Wildman–Crippen LogP) is 2.43. The molecule has 0 aromatic heterocycles. The molecule has 2 aliphatic rings. The number of piperazine rings is 1. The highest BCUT2D eigenvalue weighted by atomic mass is 32.2. The number of hydrogen-bond donors (Lipinski definition) is 2. The molecular formula is C25H39F3N4O5S. The Morgan fingerprint density at radius 3 is 2.08 bits per heavy atom. The lowest BCUT2D eigenvalue weighted by Gasteiger charge is -2.29. The van der Waals surface area contributed by atoms with Gasteiger partial charge >= 0.3 is 12.1 Å². The van der Waals surface area contributed by atoms with E-state index in [-0.39, 0.29) is 18.9 Å². The van der Waals surface area contributed by atoms with Gasteiger partial charge in [0, 0.05) is 52.2 Å². The van der Waals surface area contributed by atoms with E-state index in [2.05, 4.69) is 24.1 Å². The monoisotopic (exact) mass is 564 g/mol. The minimum absolute atomic E-state index is 0.0372. The molecule has 0 aliphatic carbocycles. The van der Waals surface area contributed by atoms with Gasteiger partial charge in [-0.05, 0) is 56.0 Å². The Morgan fingerprint density at radius 2 is 1.58 bits per heavy atom. The first-order valence-corrected chi connectivity index (χ1v) is 14.3. The van der Waals surface area contributed by atoms with Crippen molar-refractivity contribution in [3.05, 3.63) is 29.8 Å². The zero-order valence-corrected chi connectivity index (χ0v) is 22.9. The van der Waals surface area contributed by atoms with Gasteiger partial charge in [0.05, 0.1) is 4.90 Å². The largest absolute Gasteiger partial charge is 0.490 e. The summed E-state index contributed by atoms with van der Waals surface area (Å²) in [4.78, 5) is 26.0. The van der Waals surface area contributed by atoms with Gasteiger partial charge in [0.25, 0.3) is 0 Å². The van der Waals surface area contributed by atoms with Crippen LogP contribution >= 0.6 is 0 Å². The molecule has 0 bridgehead atoms. The minimum atomic E-state index is -5.08. The second kappa shape index (κ2) is 14.8. The summed E-state index contributed by atoms with van der Waals surface area (Å²) >= 11 is 0. The van der Waals surface area contributed by atoms with Gasteiger partial charge in [-0.2, -0.15) is 17.5 Å². The number of carbonyl (C=O) groups excluding carboxylic acids is 1. The second-order valence-corrected chi connectivity index (χ2v) is 11.8. The van der Waals surface area contributed by atoms with Crippen molar-refractivity contribution in [2.75, 3.05) is 58.9 Å². The first-order chi connectivity index (χ1) is 17.8. The lowest BCUT2D eigenvalue weighted by Crippen LogP contribution is -2.47. The number of carboxylic acid groups (broad SMARTS) is 1. The van der Waals surface area contributed by atoms with Crippen LogP contribution in [0.1, 0.15) is 38.7 Å². The van der Waals surface area contributed by atoms with Gasteiger partial charge in [0.15, 0.2) is 0 Å². The van der Waals surface area contributed by atoms with Crippen LogP contribution < -0.4 is 5.32 Å². The maximum absolute atomic E-state index is 13.4. The molecule has 1 aromatic carbocycles. The Labute approximate surface area is 223 Å². The number of alkyl halides is 3. The molecule has 2 heterocycles. The highest BCUT2D eigenvalue weighted by Crippen LogP contribution is 2.19. The van der Waals surface area contributed by atoms with E-state index in [9.17, 15) is 26.4 Å². The SMILES string of the molecule is CC(C)Cc1ccc(S(=O)(=O)N(CCC(=O)N2CCNCC2)CCN2CCCC2)cc1.O=C(O)C(F)(F)F. The van der Waals surface area contributed by atoms with Gasteiger partial charge in [-0.25, -0.2) is 13.2 Å². The number of nitrogens with one attached hydrogen (secondary N) is 1. The number of nitrogens with zero attached hydrogens (tertiary/aromatic N) is 3. The highest BCUT2D eigenvalue weighted by molar-refractivity contribution is 7.89. The lowest BCUT2D eigenvalue weighted by atomic mass is 10.0. The van der Waals surface area contributed by atoms with Crippen molar-refractivity contribution in [3.63, 3.8) is 0 Å². The van der Waals surface area contributed by atoms with Crippen molar-refractivity contribution < 1.29 is 36.3 Å². The molecule has 1 aromatic rings. The molecule has 0 spiro atoms. The molecule has 0 atom stereocenters. The molecule has 2 aliphatic heterocycles. The molecule has 2 N–H and O–H groups in total. The molecule has 2 saturated heterocycles. The van der Waals surface area contributed by atoms with Crippen molar-refractivity contribution in [1.29, 1.82) is 0 Å². The van der Waals surface area contributed by atoms with E-state index in [4.69, 9.17) is 9.90 Å². The van der Waals surface area contributed by atoms with Crippen molar-refractivity contribution >= 4 is 21.9 Å². The van der Waals surface area contributed by atoms with Crippen LogP contribution in [-0.4, -0.2) is 105 Å². The molecule has 0 saturated carbocycles. The van der Waals surface area contributed by atoms with Gasteiger partial charge in [-0.15, -0.1) is 0 Å². The van der Waals surface area contributed by atoms with Crippen LogP contribution in [0.5, 0.6) is 0 Å². The average Bonchev–Trinajstić information content (AvgIpc) is 3.37. The number of hydrogen-bond acceptors (Lipinski definition) is 6. The summed E-state index contributed by atoms with van der Waals surface area (Å²) in [6.45, 7) is 10.7. The molecular weight excluding hydrogens is 525 g/mol. The van der Waals surface area contributed by atoms with Crippen LogP contribution in [-0.2, 0) is 26.0 Å². The fourth-order valence-electron chi connectivity index (χ4n) is 4.32. The van der Waals surface area contributed by atoms with Gasteiger partial charge in [-0.3, -0.25) is 4.79 Å². The maximum atomic E-state index is 13.4.